The molecule has 5 N–H and O–H groups in total. The number of alkyl carbamates (subject to hydrolysis) is 1. The van der Waals surface area contributed by atoms with E-state index in [4.69, 9.17) is 9.88 Å². The third-order valence-electron chi connectivity index (χ3n) is 5.97. The molecule has 3 aromatic rings. The van der Waals surface area contributed by atoms with E-state index in [-0.39, 0.29) is 30.4 Å². The lowest BCUT2D eigenvalue weighted by atomic mass is 9.98. The number of carbonyl (C=O) groups excluding carboxylic acids is 1. The molecule has 0 spiro atoms. The number of nitrogens with two attached hydrogens (primary N) is 1. The van der Waals surface area contributed by atoms with Crippen molar-refractivity contribution in [1.82, 2.24) is 5.32 Å². The molecule has 0 radical (unpaired) electrons. The van der Waals surface area contributed by atoms with Gasteiger partial charge in [-0.2, -0.15) is 0 Å². The Bertz CT molecular complexity index is 1230. The first-order valence-electron chi connectivity index (χ1n) is 10.8. The topological polar surface area (TPSA) is 139 Å². The number of ether oxygens (including phenoxy) is 1. The van der Waals surface area contributed by atoms with Crippen molar-refractivity contribution in [3.8, 4) is 11.1 Å². The molecular weight excluding hydrogens is 456 g/mol. The summed E-state index contributed by atoms with van der Waals surface area (Å²) in [6.07, 6.45) is -2.96. The van der Waals surface area contributed by atoms with E-state index in [1.165, 1.54) is 24.3 Å². The van der Waals surface area contributed by atoms with Crippen LogP contribution in [0, 0.1) is 0 Å². The predicted molar refractivity (Wildman–Crippen MR) is 126 cm³/mol. The molecule has 1 aliphatic rings. The zero-order chi connectivity index (χ0) is 24.3. The largest absolute Gasteiger partial charge is 0.449 e. The third kappa shape index (κ3) is 5.13. The van der Waals surface area contributed by atoms with E-state index >= 15 is 0 Å². The normalized spacial score (nSPS) is 14.7. The Balaban J connectivity index is 1.27. The summed E-state index contributed by atoms with van der Waals surface area (Å²) in [4.78, 5) is 12.1. The smallest absolute Gasteiger partial charge is 0.407 e. The maximum absolute atomic E-state index is 12.2. The van der Waals surface area contributed by atoms with E-state index in [0.717, 1.165) is 22.3 Å². The fourth-order valence-corrected chi connectivity index (χ4v) is 4.72. The van der Waals surface area contributed by atoms with Crippen molar-refractivity contribution in [1.29, 1.82) is 0 Å². The lowest BCUT2D eigenvalue weighted by molar-refractivity contribution is 0.0136. The van der Waals surface area contributed by atoms with Gasteiger partial charge in [0, 0.05) is 12.5 Å². The molecule has 4 rings (SSSR count). The molecule has 34 heavy (non-hydrogen) atoms. The molecule has 0 bridgehead atoms. The van der Waals surface area contributed by atoms with E-state index in [0.29, 0.717) is 5.56 Å². The minimum Gasteiger partial charge on any atom is -0.449 e. The van der Waals surface area contributed by atoms with Crippen LogP contribution in [0.3, 0.4) is 0 Å². The molecule has 0 saturated carbocycles. The van der Waals surface area contributed by atoms with Crippen LogP contribution in [0.25, 0.3) is 11.1 Å². The van der Waals surface area contributed by atoms with Gasteiger partial charge in [-0.05, 0) is 46.4 Å². The molecule has 3 aromatic carbocycles. The highest BCUT2D eigenvalue weighted by Gasteiger charge is 2.29. The predicted octanol–water partition coefficient (Wildman–Crippen LogP) is 2.66. The second-order valence-corrected chi connectivity index (χ2v) is 9.73. The number of sulfonamides is 1. The number of aliphatic hydroxyl groups excluding tert-OH is 2. The average molecular weight is 483 g/mol. The lowest BCUT2D eigenvalue weighted by Gasteiger charge is -2.19. The van der Waals surface area contributed by atoms with Gasteiger partial charge in [-0.15, -0.1) is 0 Å². The second-order valence-electron chi connectivity index (χ2n) is 8.17. The van der Waals surface area contributed by atoms with Crippen molar-refractivity contribution < 1.29 is 28.2 Å². The summed E-state index contributed by atoms with van der Waals surface area (Å²) >= 11 is 0. The first-order valence-corrected chi connectivity index (χ1v) is 12.4. The highest BCUT2D eigenvalue weighted by molar-refractivity contribution is 7.89. The maximum Gasteiger partial charge on any atom is 0.407 e. The van der Waals surface area contributed by atoms with Crippen LogP contribution in [0.1, 0.15) is 35.1 Å². The van der Waals surface area contributed by atoms with Gasteiger partial charge >= 0.3 is 6.09 Å². The molecule has 1 aliphatic carbocycles. The summed E-state index contributed by atoms with van der Waals surface area (Å²) in [5.41, 5.74) is 4.84. The Labute approximate surface area is 198 Å². The van der Waals surface area contributed by atoms with Gasteiger partial charge in [0.2, 0.25) is 10.0 Å². The molecule has 9 heteroatoms. The van der Waals surface area contributed by atoms with Crippen LogP contribution in [0.15, 0.2) is 77.7 Å². The second kappa shape index (κ2) is 9.94. The number of carbonyl (C=O) groups is 1. The first kappa shape index (κ1) is 23.9. The molecular formula is C25H26N2O6S. The first-order chi connectivity index (χ1) is 16.3. The number of hydrogen-bond acceptors (Lipinski definition) is 6. The number of benzene rings is 3. The van der Waals surface area contributed by atoms with Crippen molar-refractivity contribution in [2.24, 2.45) is 5.14 Å². The zero-order valence-corrected chi connectivity index (χ0v) is 19.1. The van der Waals surface area contributed by atoms with E-state index < -0.39 is 28.3 Å². The summed E-state index contributed by atoms with van der Waals surface area (Å²) in [7, 11) is -3.84. The molecule has 0 saturated heterocycles. The van der Waals surface area contributed by atoms with Gasteiger partial charge in [0.25, 0.3) is 0 Å². The van der Waals surface area contributed by atoms with Gasteiger partial charge in [0.1, 0.15) is 12.7 Å². The summed E-state index contributed by atoms with van der Waals surface area (Å²) in [5, 5.41) is 28.2. The van der Waals surface area contributed by atoms with E-state index in [2.05, 4.69) is 17.4 Å². The highest BCUT2D eigenvalue weighted by Crippen LogP contribution is 2.44. The van der Waals surface area contributed by atoms with Crippen molar-refractivity contribution in [3.05, 3.63) is 89.5 Å². The molecule has 0 fully saturated rings. The molecule has 178 valence electrons. The van der Waals surface area contributed by atoms with Crippen molar-refractivity contribution >= 4 is 16.1 Å². The van der Waals surface area contributed by atoms with Gasteiger partial charge in [-0.3, -0.25) is 0 Å². The Hall–Kier alpha value is -3.24. The molecule has 0 aromatic heterocycles. The quantitative estimate of drug-likeness (QED) is 0.389. The Morgan fingerprint density at radius 1 is 0.941 bits per heavy atom. The van der Waals surface area contributed by atoms with E-state index in [1.807, 2.05) is 36.4 Å². The van der Waals surface area contributed by atoms with Gasteiger partial charge in [0.15, 0.2) is 0 Å². The van der Waals surface area contributed by atoms with Crippen LogP contribution < -0.4 is 10.5 Å². The standard InChI is InChI=1S/C25H26N2O6S/c26-34(31,32)17-11-9-16(10-12-17)24(29)23(28)13-14-27-25(30)33-15-22-20-7-3-1-5-18(20)19-6-2-4-8-21(19)22/h1-12,22-24,28-29H,13-15H2,(H,27,30)(H2,26,31,32). The monoisotopic (exact) mass is 482 g/mol. The molecule has 2 unspecified atom stereocenters. The van der Waals surface area contributed by atoms with Crippen LogP contribution in [0.4, 0.5) is 4.79 Å². The average Bonchev–Trinajstić information content (AvgIpc) is 3.15. The van der Waals surface area contributed by atoms with E-state index in [1.54, 1.807) is 0 Å². The number of nitrogens with one attached hydrogen (secondary N) is 1. The SMILES string of the molecule is NS(=O)(=O)c1ccc(C(O)C(O)CCNC(=O)OCC2c3ccccc3-c3ccccc32)cc1. The molecule has 1 amide bonds. The van der Waals surface area contributed by atoms with Crippen LogP contribution >= 0.6 is 0 Å². The van der Waals surface area contributed by atoms with Crippen LogP contribution in [-0.2, 0) is 14.8 Å². The van der Waals surface area contributed by atoms with Crippen LogP contribution in [0.5, 0.6) is 0 Å². The molecule has 8 nitrogen and oxygen atoms in total. The summed E-state index contributed by atoms with van der Waals surface area (Å²) in [6, 6.07) is 21.4. The van der Waals surface area contributed by atoms with Gasteiger partial charge < -0.3 is 20.3 Å². The van der Waals surface area contributed by atoms with Crippen molar-refractivity contribution in [2.75, 3.05) is 13.2 Å². The minimum atomic E-state index is -3.84. The number of amides is 1. The Kier molecular flexibility index (Phi) is 6.99. The number of hydrogen-bond donors (Lipinski definition) is 4. The Morgan fingerprint density at radius 2 is 1.50 bits per heavy atom. The van der Waals surface area contributed by atoms with Gasteiger partial charge in [-0.1, -0.05) is 60.7 Å². The number of rotatable bonds is 8. The van der Waals surface area contributed by atoms with Crippen molar-refractivity contribution in [3.63, 3.8) is 0 Å². The summed E-state index contributed by atoms with van der Waals surface area (Å²) < 4.78 is 28.1. The fourth-order valence-electron chi connectivity index (χ4n) is 4.21. The maximum atomic E-state index is 12.2. The number of aliphatic hydroxyl groups is 2. The van der Waals surface area contributed by atoms with Gasteiger partial charge in [-0.25, -0.2) is 18.4 Å². The van der Waals surface area contributed by atoms with E-state index in [9.17, 15) is 23.4 Å². The number of primary sulfonamides is 1. The minimum absolute atomic E-state index is 0.0501. The fraction of sp³-hybridized carbons (Fsp3) is 0.240. The Morgan fingerprint density at radius 3 is 2.06 bits per heavy atom. The highest BCUT2D eigenvalue weighted by atomic mass is 32.2. The van der Waals surface area contributed by atoms with Gasteiger partial charge in [0.05, 0.1) is 11.0 Å². The molecule has 2 atom stereocenters. The summed E-state index contributed by atoms with van der Waals surface area (Å²) in [6.45, 7) is 0.269. The zero-order valence-electron chi connectivity index (χ0n) is 18.3. The third-order valence-corrected chi connectivity index (χ3v) is 6.90. The van der Waals surface area contributed by atoms with Crippen molar-refractivity contribution in [2.45, 2.75) is 29.4 Å². The summed E-state index contributed by atoms with van der Waals surface area (Å²) in [5.74, 6) is -0.0501. The lowest BCUT2D eigenvalue weighted by Crippen LogP contribution is -2.30. The molecule has 0 aliphatic heterocycles. The van der Waals surface area contributed by atoms with Crippen LogP contribution in [-0.4, -0.2) is 44.0 Å². The molecule has 0 heterocycles. The number of fused-ring (bicyclic) bond motifs is 3. The van der Waals surface area contributed by atoms with Crippen LogP contribution in [0.2, 0.25) is 0 Å².